The van der Waals surface area contributed by atoms with Crippen LogP contribution in [-0.2, 0) is 15.1 Å². The van der Waals surface area contributed by atoms with Crippen molar-refractivity contribution in [1.29, 1.82) is 0 Å². The summed E-state index contributed by atoms with van der Waals surface area (Å²) in [6.07, 6.45) is 16.3. The zero-order chi connectivity index (χ0) is 17.1. The molecule has 0 atom stereocenters. The van der Waals surface area contributed by atoms with Crippen molar-refractivity contribution in [3.8, 4) is 0 Å². The van der Waals surface area contributed by atoms with Crippen LogP contribution in [0.2, 0.25) is 0 Å². The Kier molecular flexibility index (Phi) is 32.8. The molecule has 0 bridgehead atoms. The molecule has 0 aliphatic rings. The molecule has 8 N–H and O–H groups in total. The number of unbranched alkanes of at least 4 members (excludes halogenated alkanes) is 10. The van der Waals surface area contributed by atoms with E-state index in [0.29, 0.717) is 0 Å². The summed E-state index contributed by atoms with van der Waals surface area (Å²) >= 11 is 0. The van der Waals surface area contributed by atoms with Gasteiger partial charge in [-0.3, -0.25) is 9.11 Å². The Morgan fingerprint density at radius 2 is 0.875 bits per heavy atom. The van der Waals surface area contributed by atoms with Crippen LogP contribution in [0.4, 0.5) is 0 Å². The Hall–Kier alpha value is -0.250. The van der Waals surface area contributed by atoms with Crippen molar-refractivity contribution in [1.82, 2.24) is 12.3 Å². The van der Waals surface area contributed by atoms with E-state index in [-0.39, 0.29) is 12.3 Å². The molecule has 0 heterocycles. The van der Waals surface area contributed by atoms with Gasteiger partial charge in [-0.25, -0.2) is 0 Å². The van der Waals surface area contributed by atoms with Crippen LogP contribution in [0.25, 0.3) is 0 Å². The third-order valence-electron chi connectivity index (χ3n) is 3.28. The van der Waals surface area contributed by atoms with E-state index in [1.807, 2.05) is 0 Å². The Balaban J connectivity index is -0.000000250. The zero-order valence-electron chi connectivity index (χ0n) is 15.8. The van der Waals surface area contributed by atoms with E-state index in [2.05, 4.69) is 13.8 Å². The summed E-state index contributed by atoms with van der Waals surface area (Å²) in [6, 6.07) is 0. The van der Waals surface area contributed by atoms with Crippen LogP contribution in [-0.4, -0.2) is 30.7 Å². The highest BCUT2D eigenvalue weighted by Gasteiger charge is 1.92. The smallest absolute Gasteiger partial charge is 0.381 e. The molecule has 0 fully saturated rings. The molecule has 24 heavy (non-hydrogen) atoms. The number of hydrogen-bond acceptors (Lipinski definition) is 5. The summed E-state index contributed by atoms with van der Waals surface area (Å²) in [6.45, 7) is 6.51. The van der Waals surface area contributed by atoms with Gasteiger partial charge in [0, 0.05) is 13.2 Å². The molecule has 0 aromatic rings. The van der Waals surface area contributed by atoms with Gasteiger partial charge in [-0.15, -0.1) is 0 Å². The summed E-state index contributed by atoms with van der Waals surface area (Å²) in [5, 5.41) is 0. The van der Waals surface area contributed by atoms with Gasteiger partial charge in [-0.05, 0) is 12.8 Å². The molecule has 0 unspecified atom stereocenters. The van der Waals surface area contributed by atoms with Crippen molar-refractivity contribution in [3.05, 3.63) is 0 Å². The Morgan fingerprint density at radius 3 is 1.17 bits per heavy atom. The third kappa shape index (κ3) is 49.5. The highest BCUT2D eigenvalue weighted by Crippen LogP contribution is 2.06. The maximum Gasteiger partial charge on any atom is 0.394 e. The maximum atomic E-state index is 8.74. The van der Waals surface area contributed by atoms with Gasteiger partial charge in [0.2, 0.25) is 0 Å². The van der Waals surface area contributed by atoms with E-state index < -0.39 is 10.4 Å². The van der Waals surface area contributed by atoms with Crippen molar-refractivity contribution >= 4 is 10.4 Å². The molecule has 152 valence electrons. The summed E-state index contributed by atoms with van der Waals surface area (Å²) in [4.78, 5) is 0. The monoisotopic (exact) mass is 374 g/mol. The van der Waals surface area contributed by atoms with Crippen molar-refractivity contribution < 1.29 is 22.3 Å². The van der Waals surface area contributed by atoms with Crippen LogP contribution in [0.3, 0.4) is 0 Å². The number of hydrogen-bond donors (Lipinski definition) is 4. The van der Waals surface area contributed by atoms with E-state index >= 15 is 0 Å². The fourth-order valence-corrected chi connectivity index (χ4v) is 2.07. The molecular weight excluding hydrogens is 332 g/mol. The minimum Gasteiger partial charge on any atom is -0.381 e. The fraction of sp³-hybridized carbons (Fsp3) is 1.00. The average molecular weight is 375 g/mol. The summed E-state index contributed by atoms with van der Waals surface area (Å²) in [5.41, 5.74) is 0. The van der Waals surface area contributed by atoms with Gasteiger partial charge in [-0.1, -0.05) is 78.1 Å². The number of rotatable bonds is 14. The zero-order valence-corrected chi connectivity index (χ0v) is 16.7. The molecule has 0 aromatic carbocycles. The highest BCUT2D eigenvalue weighted by molar-refractivity contribution is 7.79. The minimum atomic E-state index is -4.67. The predicted octanol–water partition coefficient (Wildman–Crippen LogP) is 5.40. The SMILES string of the molecule is CCCCCCCCOCCCCCCCC.N.N.O=S(=O)(O)O. The van der Waals surface area contributed by atoms with Crippen LogP contribution in [0.15, 0.2) is 0 Å². The Morgan fingerprint density at radius 1 is 0.625 bits per heavy atom. The molecule has 0 saturated carbocycles. The normalized spacial score (nSPS) is 10.2. The van der Waals surface area contributed by atoms with Gasteiger partial charge < -0.3 is 17.0 Å². The summed E-state index contributed by atoms with van der Waals surface area (Å²) in [5.74, 6) is 0. The Labute approximate surface area is 149 Å². The van der Waals surface area contributed by atoms with E-state index in [4.69, 9.17) is 22.3 Å². The van der Waals surface area contributed by atoms with Gasteiger partial charge in [0.1, 0.15) is 0 Å². The molecule has 0 radical (unpaired) electrons. The van der Waals surface area contributed by atoms with Crippen LogP contribution in [0.5, 0.6) is 0 Å². The molecular formula is C16H42N2O5S. The quantitative estimate of drug-likeness (QED) is 0.234. The lowest BCUT2D eigenvalue weighted by Gasteiger charge is -2.04. The van der Waals surface area contributed by atoms with E-state index in [9.17, 15) is 0 Å². The molecule has 0 saturated heterocycles. The fourth-order valence-electron chi connectivity index (χ4n) is 2.07. The second-order valence-electron chi connectivity index (χ2n) is 5.60. The predicted molar refractivity (Wildman–Crippen MR) is 102 cm³/mol. The van der Waals surface area contributed by atoms with Crippen molar-refractivity contribution in [3.63, 3.8) is 0 Å². The van der Waals surface area contributed by atoms with Crippen LogP contribution >= 0.6 is 0 Å². The third-order valence-corrected chi connectivity index (χ3v) is 3.28. The van der Waals surface area contributed by atoms with Gasteiger partial charge in [-0.2, -0.15) is 8.42 Å². The standard InChI is InChI=1S/C16H34O.2H3N.H2O4S/c1-3-5-7-9-11-13-15-17-16-14-12-10-8-6-4-2;;;1-5(2,3)4/h3-16H2,1-2H3;2*1H3;(H2,1,2,3,4). The van der Waals surface area contributed by atoms with Gasteiger partial charge in [0.05, 0.1) is 0 Å². The first-order valence-electron chi connectivity index (χ1n) is 8.69. The Bertz CT molecular complexity index is 279. The van der Waals surface area contributed by atoms with Crippen LogP contribution in [0.1, 0.15) is 90.9 Å². The first-order valence-corrected chi connectivity index (χ1v) is 10.1. The summed E-state index contributed by atoms with van der Waals surface area (Å²) < 4.78 is 37.2. The molecule has 7 nitrogen and oxygen atoms in total. The lowest BCUT2D eigenvalue weighted by atomic mass is 10.1. The lowest BCUT2D eigenvalue weighted by Crippen LogP contribution is -1.97. The topological polar surface area (TPSA) is 154 Å². The average Bonchev–Trinajstić information content (AvgIpc) is 2.42. The first kappa shape index (κ1) is 31.5. The van der Waals surface area contributed by atoms with Crippen molar-refractivity contribution in [2.75, 3.05) is 13.2 Å². The molecule has 0 rings (SSSR count). The highest BCUT2D eigenvalue weighted by atomic mass is 32.3. The maximum absolute atomic E-state index is 8.74. The second-order valence-corrected chi connectivity index (χ2v) is 6.49. The number of ether oxygens (including phenoxy) is 1. The second kappa shape index (κ2) is 25.0. The molecule has 0 aliphatic carbocycles. The van der Waals surface area contributed by atoms with E-state index in [1.165, 1.54) is 77.0 Å². The lowest BCUT2D eigenvalue weighted by molar-refractivity contribution is 0.125. The summed E-state index contributed by atoms with van der Waals surface area (Å²) in [7, 11) is -4.67. The minimum absolute atomic E-state index is 0. The molecule has 0 amide bonds. The largest absolute Gasteiger partial charge is 0.394 e. The molecule has 0 spiro atoms. The van der Waals surface area contributed by atoms with Gasteiger partial charge in [0.25, 0.3) is 0 Å². The van der Waals surface area contributed by atoms with E-state index in [1.54, 1.807) is 0 Å². The molecule has 0 aliphatic heterocycles. The van der Waals surface area contributed by atoms with E-state index in [0.717, 1.165) is 13.2 Å². The van der Waals surface area contributed by atoms with Gasteiger partial charge >= 0.3 is 10.4 Å². The van der Waals surface area contributed by atoms with Gasteiger partial charge in [0.15, 0.2) is 0 Å². The molecule has 0 aromatic heterocycles. The first-order chi connectivity index (χ1) is 10.4. The van der Waals surface area contributed by atoms with Crippen molar-refractivity contribution in [2.24, 2.45) is 0 Å². The van der Waals surface area contributed by atoms with Crippen molar-refractivity contribution in [2.45, 2.75) is 90.9 Å². The van der Waals surface area contributed by atoms with Crippen LogP contribution in [0, 0.1) is 0 Å². The molecule has 8 heteroatoms. The van der Waals surface area contributed by atoms with Crippen LogP contribution < -0.4 is 12.3 Å².